The fourth-order valence-electron chi connectivity index (χ4n) is 1.66. The zero-order valence-corrected chi connectivity index (χ0v) is 13.0. The van der Waals surface area contributed by atoms with Crippen LogP contribution in [-0.2, 0) is 0 Å². The number of halogens is 3. The summed E-state index contributed by atoms with van der Waals surface area (Å²) in [6, 6.07) is 4.24. The molecular formula is C14H15F3N4OS. The van der Waals surface area contributed by atoms with Crippen molar-refractivity contribution in [1.29, 1.82) is 0 Å². The van der Waals surface area contributed by atoms with Gasteiger partial charge in [-0.15, -0.1) is 11.3 Å². The Bertz CT molecular complexity index is 669. The summed E-state index contributed by atoms with van der Waals surface area (Å²) in [4.78, 5) is 16.0. The summed E-state index contributed by atoms with van der Waals surface area (Å²) < 4.78 is 36.8. The monoisotopic (exact) mass is 344 g/mol. The molecule has 5 nitrogen and oxygen atoms in total. The van der Waals surface area contributed by atoms with Crippen molar-refractivity contribution in [2.45, 2.75) is 19.1 Å². The lowest BCUT2D eigenvalue weighted by atomic mass is 10.2. The van der Waals surface area contributed by atoms with Crippen LogP contribution in [0, 0.1) is 6.92 Å². The van der Waals surface area contributed by atoms with E-state index in [1.54, 1.807) is 12.1 Å². The van der Waals surface area contributed by atoms with E-state index in [-0.39, 0.29) is 5.56 Å². The van der Waals surface area contributed by atoms with Crippen molar-refractivity contribution >= 4 is 28.1 Å². The van der Waals surface area contributed by atoms with Crippen molar-refractivity contribution in [2.24, 2.45) is 5.73 Å². The number of alkyl halides is 3. The number of amides is 1. The number of nitrogens with zero attached hydrogens (tertiary/aromatic N) is 1. The molecule has 0 aliphatic carbocycles. The maximum absolute atomic E-state index is 12.3. The van der Waals surface area contributed by atoms with Gasteiger partial charge in [-0.1, -0.05) is 0 Å². The third-order valence-electron chi connectivity index (χ3n) is 2.92. The van der Waals surface area contributed by atoms with E-state index in [0.29, 0.717) is 0 Å². The standard InChI is InChI=1S/C14H15F3N4OS/c1-8-7-23-13(20-8)21-10-4-2-9(3-5-10)12(22)19-6-11(18)14(15,16)17/h2-5,7,11H,6,18H2,1H3,(H,19,22)(H,20,21). The van der Waals surface area contributed by atoms with Crippen LogP contribution in [0.1, 0.15) is 16.1 Å². The highest BCUT2D eigenvalue weighted by molar-refractivity contribution is 7.13. The fraction of sp³-hybridized carbons (Fsp3) is 0.286. The van der Waals surface area contributed by atoms with Gasteiger partial charge in [0, 0.05) is 23.2 Å². The van der Waals surface area contributed by atoms with Gasteiger partial charge in [0.1, 0.15) is 6.04 Å². The maximum Gasteiger partial charge on any atom is 0.405 e. The zero-order valence-electron chi connectivity index (χ0n) is 12.1. The number of hydrogen-bond acceptors (Lipinski definition) is 5. The highest BCUT2D eigenvalue weighted by atomic mass is 32.1. The van der Waals surface area contributed by atoms with Gasteiger partial charge in [0.25, 0.3) is 5.91 Å². The molecule has 4 N–H and O–H groups in total. The molecule has 1 heterocycles. The quantitative estimate of drug-likeness (QED) is 0.779. The minimum atomic E-state index is -4.53. The molecular weight excluding hydrogens is 329 g/mol. The summed E-state index contributed by atoms with van der Waals surface area (Å²) in [7, 11) is 0. The zero-order chi connectivity index (χ0) is 17.0. The molecule has 0 saturated heterocycles. The van der Waals surface area contributed by atoms with E-state index in [9.17, 15) is 18.0 Å². The minimum absolute atomic E-state index is 0.250. The number of rotatable bonds is 5. The molecule has 124 valence electrons. The first-order valence-electron chi connectivity index (χ1n) is 6.65. The highest BCUT2D eigenvalue weighted by Gasteiger charge is 2.36. The van der Waals surface area contributed by atoms with E-state index in [0.717, 1.165) is 16.5 Å². The van der Waals surface area contributed by atoms with Gasteiger partial charge in [0.05, 0.1) is 5.69 Å². The topological polar surface area (TPSA) is 80.0 Å². The molecule has 1 aromatic carbocycles. The summed E-state index contributed by atoms with van der Waals surface area (Å²) in [6.45, 7) is 1.21. The lowest BCUT2D eigenvalue weighted by Crippen LogP contribution is -2.46. The molecule has 1 aromatic heterocycles. The van der Waals surface area contributed by atoms with Crippen LogP contribution in [0.15, 0.2) is 29.6 Å². The molecule has 1 unspecified atom stereocenters. The average Bonchev–Trinajstić information content (AvgIpc) is 2.89. The van der Waals surface area contributed by atoms with Crippen LogP contribution >= 0.6 is 11.3 Å². The number of aryl methyl sites for hydroxylation is 1. The van der Waals surface area contributed by atoms with Crippen molar-refractivity contribution in [1.82, 2.24) is 10.3 Å². The largest absolute Gasteiger partial charge is 0.405 e. The van der Waals surface area contributed by atoms with Gasteiger partial charge in [0.2, 0.25) is 0 Å². The Kier molecular flexibility index (Phi) is 5.22. The Morgan fingerprint density at radius 1 is 1.35 bits per heavy atom. The summed E-state index contributed by atoms with van der Waals surface area (Å²) in [6.07, 6.45) is -4.53. The molecule has 0 saturated carbocycles. The second kappa shape index (κ2) is 6.97. The number of hydrogen-bond donors (Lipinski definition) is 3. The summed E-state index contributed by atoms with van der Waals surface area (Å²) >= 11 is 1.45. The maximum atomic E-state index is 12.3. The predicted molar refractivity (Wildman–Crippen MR) is 82.9 cm³/mol. The Hall–Kier alpha value is -2.13. The van der Waals surface area contributed by atoms with Gasteiger partial charge in [-0.2, -0.15) is 13.2 Å². The van der Waals surface area contributed by atoms with Crippen molar-refractivity contribution in [2.75, 3.05) is 11.9 Å². The Morgan fingerprint density at radius 2 is 2.00 bits per heavy atom. The molecule has 9 heteroatoms. The predicted octanol–water partition coefficient (Wildman–Crippen LogP) is 2.81. The smallest absolute Gasteiger partial charge is 0.350 e. The lowest BCUT2D eigenvalue weighted by molar-refractivity contribution is -0.146. The number of nitrogens with two attached hydrogens (primary N) is 1. The third-order valence-corrected chi connectivity index (χ3v) is 3.80. The molecule has 1 atom stereocenters. The first kappa shape index (κ1) is 17.2. The van der Waals surface area contributed by atoms with Crippen LogP contribution in [0.4, 0.5) is 24.0 Å². The average molecular weight is 344 g/mol. The first-order chi connectivity index (χ1) is 10.8. The van der Waals surface area contributed by atoms with Crippen molar-refractivity contribution < 1.29 is 18.0 Å². The van der Waals surface area contributed by atoms with E-state index in [2.05, 4.69) is 15.6 Å². The molecule has 0 spiro atoms. The van der Waals surface area contributed by atoms with Crippen LogP contribution in [-0.4, -0.2) is 29.7 Å². The summed E-state index contributed by atoms with van der Waals surface area (Å²) in [5.41, 5.74) is 6.81. The van der Waals surface area contributed by atoms with Gasteiger partial charge >= 0.3 is 6.18 Å². The minimum Gasteiger partial charge on any atom is -0.350 e. The van der Waals surface area contributed by atoms with Gasteiger partial charge in [-0.25, -0.2) is 4.98 Å². The fourth-order valence-corrected chi connectivity index (χ4v) is 2.37. The SMILES string of the molecule is Cc1csc(Nc2ccc(C(=O)NCC(N)C(F)(F)F)cc2)n1. The number of nitrogens with one attached hydrogen (secondary N) is 2. The van der Waals surface area contributed by atoms with Crippen molar-refractivity contribution in [3.8, 4) is 0 Å². The lowest BCUT2D eigenvalue weighted by Gasteiger charge is -2.16. The molecule has 2 aromatic rings. The normalized spacial score (nSPS) is 12.7. The van der Waals surface area contributed by atoms with Crippen LogP contribution < -0.4 is 16.4 Å². The van der Waals surface area contributed by atoms with Crippen molar-refractivity contribution in [3.05, 3.63) is 40.9 Å². The molecule has 0 aliphatic heterocycles. The number of benzene rings is 1. The van der Waals surface area contributed by atoms with E-state index >= 15 is 0 Å². The van der Waals surface area contributed by atoms with Crippen LogP contribution in [0.25, 0.3) is 0 Å². The van der Waals surface area contributed by atoms with Gasteiger partial charge in [0.15, 0.2) is 5.13 Å². The Labute approximate surface area is 134 Å². The number of aromatic nitrogens is 1. The molecule has 0 bridgehead atoms. The van der Waals surface area contributed by atoms with Gasteiger partial charge < -0.3 is 16.4 Å². The molecule has 0 fully saturated rings. The molecule has 2 rings (SSSR count). The molecule has 0 radical (unpaired) electrons. The van der Waals surface area contributed by atoms with Gasteiger partial charge in [-0.05, 0) is 31.2 Å². The van der Waals surface area contributed by atoms with E-state index in [4.69, 9.17) is 5.73 Å². The number of anilines is 2. The second-order valence-electron chi connectivity index (χ2n) is 4.85. The second-order valence-corrected chi connectivity index (χ2v) is 5.71. The third kappa shape index (κ3) is 4.93. The van der Waals surface area contributed by atoms with Crippen LogP contribution in [0.3, 0.4) is 0 Å². The molecule has 1 amide bonds. The molecule has 0 aliphatic rings. The van der Waals surface area contributed by atoms with E-state index in [1.807, 2.05) is 12.3 Å². The number of carbonyl (C=O) groups is 1. The Morgan fingerprint density at radius 3 is 2.52 bits per heavy atom. The van der Waals surface area contributed by atoms with Gasteiger partial charge in [-0.3, -0.25) is 4.79 Å². The first-order valence-corrected chi connectivity index (χ1v) is 7.53. The van der Waals surface area contributed by atoms with E-state index < -0.39 is 24.7 Å². The van der Waals surface area contributed by atoms with Crippen LogP contribution in [0.2, 0.25) is 0 Å². The van der Waals surface area contributed by atoms with Crippen molar-refractivity contribution in [3.63, 3.8) is 0 Å². The highest BCUT2D eigenvalue weighted by Crippen LogP contribution is 2.21. The molecule has 23 heavy (non-hydrogen) atoms. The number of carbonyl (C=O) groups excluding carboxylic acids is 1. The summed E-state index contributed by atoms with van der Waals surface area (Å²) in [5, 5.41) is 7.85. The number of thiazole rings is 1. The van der Waals surface area contributed by atoms with E-state index in [1.165, 1.54) is 23.5 Å². The van der Waals surface area contributed by atoms with Crippen LogP contribution in [0.5, 0.6) is 0 Å². The summed E-state index contributed by atoms with van der Waals surface area (Å²) in [5.74, 6) is -0.610. The Balaban J connectivity index is 1.92.